The molecule has 0 spiro atoms. The minimum Gasteiger partial charge on any atom is -0.480 e. The van der Waals surface area contributed by atoms with Crippen molar-refractivity contribution in [2.45, 2.75) is 29.5 Å². The number of thioether (sulfide) groups is 1. The molecule has 1 fully saturated rings. The molecular formula is C21H26N2O4S2. The molecule has 0 bridgehead atoms. The fraction of sp³-hybridized carbons (Fsp3) is 0.381. The van der Waals surface area contributed by atoms with E-state index in [1.807, 2.05) is 43.3 Å². The molecule has 1 unspecified atom stereocenters. The second-order valence-corrected chi connectivity index (χ2v) is 11.4. The molecule has 1 aliphatic heterocycles. The predicted octanol–water partition coefficient (Wildman–Crippen LogP) is 3.39. The van der Waals surface area contributed by atoms with Crippen molar-refractivity contribution in [3.05, 3.63) is 48.5 Å². The summed E-state index contributed by atoms with van der Waals surface area (Å²) in [5.41, 5.74) is 2.97. The summed E-state index contributed by atoms with van der Waals surface area (Å²) in [6.45, 7) is 3.73. The Bertz CT molecular complexity index is 984. The lowest BCUT2D eigenvalue weighted by atomic mass is 10.0. The van der Waals surface area contributed by atoms with Gasteiger partial charge in [0, 0.05) is 36.8 Å². The standard InChI is InChI=1S/C21H26N2O4S2/c1-21(2)19(20(24)25)23(13-14-28-21)29(26,27)18-11-7-16(8-12-18)15-5-9-17(10-6-15)22(3)4/h5-12,19H,13-14H2,1-4H3,(H,24,25). The molecule has 3 rings (SSSR count). The summed E-state index contributed by atoms with van der Waals surface area (Å²) in [4.78, 5) is 14.0. The topological polar surface area (TPSA) is 77.9 Å². The lowest BCUT2D eigenvalue weighted by Crippen LogP contribution is -2.58. The average molecular weight is 435 g/mol. The van der Waals surface area contributed by atoms with Gasteiger partial charge in [-0.05, 0) is 49.2 Å². The van der Waals surface area contributed by atoms with E-state index in [-0.39, 0.29) is 11.4 Å². The molecule has 0 radical (unpaired) electrons. The Balaban J connectivity index is 1.91. The first kappa shape index (κ1) is 21.7. The second kappa shape index (κ2) is 8.01. The predicted molar refractivity (Wildman–Crippen MR) is 118 cm³/mol. The molecule has 1 saturated heterocycles. The van der Waals surface area contributed by atoms with Crippen molar-refractivity contribution < 1.29 is 18.3 Å². The summed E-state index contributed by atoms with van der Waals surface area (Å²) in [5, 5.41) is 9.69. The second-order valence-electron chi connectivity index (χ2n) is 7.77. The number of hydrogen-bond donors (Lipinski definition) is 1. The van der Waals surface area contributed by atoms with Gasteiger partial charge in [-0.3, -0.25) is 4.79 Å². The molecule has 1 atom stereocenters. The molecule has 0 amide bonds. The van der Waals surface area contributed by atoms with E-state index in [1.165, 1.54) is 11.8 Å². The van der Waals surface area contributed by atoms with E-state index in [4.69, 9.17) is 0 Å². The Hall–Kier alpha value is -2.03. The number of hydrogen-bond acceptors (Lipinski definition) is 5. The molecule has 0 aromatic heterocycles. The highest BCUT2D eigenvalue weighted by Gasteiger charge is 2.48. The summed E-state index contributed by atoms with van der Waals surface area (Å²) >= 11 is 1.48. The van der Waals surface area contributed by atoms with Crippen molar-refractivity contribution >= 4 is 33.4 Å². The maximum Gasteiger partial charge on any atom is 0.323 e. The lowest BCUT2D eigenvalue weighted by Gasteiger charge is -2.42. The Labute approximate surface area is 176 Å². The van der Waals surface area contributed by atoms with Gasteiger partial charge in [0.25, 0.3) is 0 Å². The third-order valence-corrected chi connectivity index (χ3v) is 8.38. The van der Waals surface area contributed by atoms with E-state index >= 15 is 0 Å². The largest absolute Gasteiger partial charge is 0.480 e. The van der Waals surface area contributed by atoms with E-state index in [2.05, 4.69) is 0 Å². The van der Waals surface area contributed by atoms with Gasteiger partial charge < -0.3 is 10.0 Å². The molecule has 6 nitrogen and oxygen atoms in total. The molecule has 1 heterocycles. The molecule has 1 aliphatic rings. The number of rotatable bonds is 5. The van der Waals surface area contributed by atoms with Crippen molar-refractivity contribution in [3.63, 3.8) is 0 Å². The highest BCUT2D eigenvalue weighted by Crippen LogP contribution is 2.38. The van der Waals surface area contributed by atoms with Crippen LogP contribution in [0.25, 0.3) is 11.1 Å². The van der Waals surface area contributed by atoms with Crippen LogP contribution < -0.4 is 4.90 Å². The zero-order valence-corrected chi connectivity index (χ0v) is 18.6. The van der Waals surface area contributed by atoms with Crippen molar-refractivity contribution in [1.29, 1.82) is 0 Å². The number of nitrogens with zero attached hydrogens (tertiary/aromatic N) is 2. The third kappa shape index (κ3) is 4.29. The van der Waals surface area contributed by atoms with Crippen molar-refractivity contribution in [3.8, 4) is 11.1 Å². The van der Waals surface area contributed by atoms with Crippen LogP contribution in [0.5, 0.6) is 0 Å². The Morgan fingerprint density at radius 3 is 2.07 bits per heavy atom. The van der Waals surface area contributed by atoms with Crippen LogP contribution in [-0.2, 0) is 14.8 Å². The average Bonchev–Trinajstić information content (AvgIpc) is 2.67. The van der Waals surface area contributed by atoms with Gasteiger partial charge in [-0.25, -0.2) is 8.42 Å². The molecular weight excluding hydrogens is 408 g/mol. The molecule has 156 valence electrons. The molecule has 0 saturated carbocycles. The van der Waals surface area contributed by atoms with Crippen LogP contribution >= 0.6 is 11.8 Å². The highest BCUT2D eigenvalue weighted by atomic mass is 32.2. The van der Waals surface area contributed by atoms with Crippen molar-refractivity contribution in [2.75, 3.05) is 31.3 Å². The molecule has 0 aliphatic carbocycles. The van der Waals surface area contributed by atoms with Crippen LogP contribution in [0.2, 0.25) is 0 Å². The van der Waals surface area contributed by atoms with Crippen LogP contribution in [0.15, 0.2) is 53.4 Å². The maximum absolute atomic E-state index is 13.2. The van der Waals surface area contributed by atoms with E-state index in [9.17, 15) is 18.3 Å². The number of benzene rings is 2. The first-order valence-corrected chi connectivity index (χ1v) is 11.7. The van der Waals surface area contributed by atoms with Gasteiger partial charge in [-0.15, -0.1) is 0 Å². The Morgan fingerprint density at radius 2 is 1.59 bits per heavy atom. The van der Waals surface area contributed by atoms with Gasteiger partial charge in [-0.2, -0.15) is 16.1 Å². The van der Waals surface area contributed by atoms with Gasteiger partial charge in [0.1, 0.15) is 6.04 Å². The summed E-state index contributed by atoms with van der Waals surface area (Å²) < 4.78 is 26.8. The van der Waals surface area contributed by atoms with Crippen LogP contribution in [0, 0.1) is 0 Å². The first-order valence-electron chi connectivity index (χ1n) is 9.30. The van der Waals surface area contributed by atoms with Crippen molar-refractivity contribution in [2.24, 2.45) is 0 Å². The number of carboxylic acids is 1. The fourth-order valence-corrected chi connectivity index (χ4v) is 6.64. The summed E-state index contributed by atoms with van der Waals surface area (Å²) in [6, 6.07) is 13.5. The van der Waals surface area contributed by atoms with Crippen LogP contribution in [0.1, 0.15) is 13.8 Å². The van der Waals surface area contributed by atoms with Gasteiger partial charge in [0.05, 0.1) is 4.90 Å². The quantitative estimate of drug-likeness (QED) is 0.777. The van der Waals surface area contributed by atoms with Gasteiger partial charge >= 0.3 is 5.97 Å². The number of anilines is 1. The zero-order chi connectivity index (χ0) is 21.4. The van der Waals surface area contributed by atoms with E-state index in [0.29, 0.717) is 5.75 Å². The summed E-state index contributed by atoms with van der Waals surface area (Å²) in [6.07, 6.45) is 0. The number of carboxylic acid groups (broad SMARTS) is 1. The maximum atomic E-state index is 13.2. The van der Waals surface area contributed by atoms with Crippen molar-refractivity contribution in [1.82, 2.24) is 4.31 Å². The van der Waals surface area contributed by atoms with Crippen LogP contribution in [-0.4, -0.2) is 61.0 Å². The minimum atomic E-state index is -3.91. The molecule has 2 aromatic carbocycles. The number of sulfonamides is 1. The first-order chi connectivity index (χ1) is 13.5. The monoisotopic (exact) mass is 434 g/mol. The van der Waals surface area contributed by atoms with Gasteiger partial charge in [0.2, 0.25) is 10.0 Å². The molecule has 2 aromatic rings. The SMILES string of the molecule is CN(C)c1ccc(-c2ccc(S(=O)(=O)N3CCSC(C)(C)C3C(=O)O)cc2)cc1. The van der Waals surface area contributed by atoms with Crippen LogP contribution in [0.4, 0.5) is 5.69 Å². The van der Waals surface area contributed by atoms with Gasteiger partial charge in [0.15, 0.2) is 0 Å². The summed E-state index contributed by atoms with van der Waals surface area (Å²) in [7, 11) is 0.0317. The van der Waals surface area contributed by atoms with Crippen LogP contribution in [0.3, 0.4) is 0 Å². The zero-order valence-electron chi connectivity index (χ0n) is 17.0. The normalized spacial score (nSPS) is 19.7. The molecule has 1 N–H and O–H groups in total. The smallest absolute Gasteiger partial charge is 0.323 e. The Kier molecular flexibility index (Phi) is 5.98. The number of aliphatic carboxylic acids is 1. The lowest BCUT2D eigenvalue weighted by molar-refractivity contribution is -0.142. The van der Waals surface area contributed by atoms with E-state index in [1.54, 1.807) is 38.1 Å². The number of carbonyl (C=O) groups is 1. The summed E-state index contributed by atoms with van der Waals surface area (Å²) in [5.74, 6) is -0.560. The van der Waals surface area contributed by atoms with Gasteiger partial charge in [-0.1, -0.05) is 24.3 Å². The fourth-order valence-electron chi connectivity index (χ4n) is 3.54. The molecule has 8 heteroatoms. The minimum absolute atomic E-state index is 0.111. The molecule has 29 heavy (non-hydrogen) atoms. The Morgan fingerprint density at radius 1 is 1.07 bits per heavy atom. The third-order valence-electron chi connectivity index (χ3n) is 5.14. The van der Waals surface area contributed by atoms with E-state index in [0.717, 1.165) is 21.1 Å². The highest BCUT2D eigenvalue weighted by molar-refractivity contribution is 8.00. The van der Waals surface area contributed by atoms with E-state index < -0.39 is 26.8 Å².